The molecule has 0 radical (unpaired) electrons. The van der Waals surface area contributed by atoms with E-state index in [2.05, 4.69) is 36.8 Å². The third-order valence-electron chi connectivity index (χ3n) is 2.25. The molecule has 6 heteroatoms. The summed E-state index contributed by atoms with van der Waals surface area (Å²) in [7, 11) is 0. The number of nitrogens with two attached hydrogens (primary N) is 1. The van der Waals surface area contributed by atoms with Crippen LogP contribution in [-0.4, -0.2) is 23.5 Å². The predicted molar refractivity (Wildman–Crippen MR) is 64.6 cm³/mol. The Morgan fingerprint density at radius 1 is 1.40 bits per heavy atom. The van der Waals surface area contributed by atoms with Crippen LogP contribution in [0, 0.1) is 0 Å². The van der Waals surface area contributed by atoms with Gasteiger partial charge in [0, 0.05) is 31.4 Å². The van der Waals surface area contributed by atoms with E-state index in [-0.39, 0.29) is 11.9 Å². The van der Waals surface area contributed by atoms with Crippen LogP contribution < -0.4 is 10.6 Å². The Morgan fingerprint density at radius 2 is 2.00 bits per heavy atom. The molecule has 1 saturated heterocycles. The number of rotatable bonds is 1. The summed E-state index contributed by atoms with van der Waals surface area (Å²) < 4.78 is 1.58. The molecule has 1 unspecified atom stereocenters. The van der Waals surface area contributed by atoms with Crippen molar-refractivity contribution in [3.8, 4) is 0 Å². The van der Waals surface area contributed by atoms with Gasteiger partial charge in [0.15, 0.2) is 0 Å². The summed E-state index contributed by atoms with van der Waals surface area (Å²) in [5.74, 6) is 0.0510. The van der Waals surface area contributed by atoms with Gasteiger partial charge in [0.05, 0.1) is 14.6 Å². The molecule has 80 valence electrons. The molecule has 0 aromatic carbocycles. The van der Waals surface area contributed by atoms with Crippen molar-refractivity contribution in [1.29, 1.82) is 0 Å². The van der Waals surface area contributed by atoms with Crippen LogP contribution in [0.15, 0.2) is 21.3 Å². The van der Waals surface area contributed by atoms with Gasteiger partial charge < -0.3 is 10.6 Å². The van der Waals surface area contributed by atoms with Crippen molar-refractivity contribution in [2.75, 3.05) is 11.4 Å². The number of aromatic nitrogens is 1. The molecular formula is C9H9Br2N3O. The SMILES string of the molecule is NC1CC(=O)N(c2c(Br)cncc2Br)C1. The standard InChI is InChI=1S/C9H9Br2N3O/c10-6-2-13-3-7(11)9(6)14-4-5(12)1-8(14)15/h2-3,5H,1,4,12H2. The molecule has 1 amide bonds. The third-order valence-corrected chi connectivity index (χ3v) is 3.41. The average Bonchev–Trinajstić information content (AvgIpc) is 2.45. The van der Waals surface area contributed by atoms with Gasteiger partial charge in [-0.1, -0.05) is 0 Å². The van der Waals surface area contributed by atoms with Gasteiger partial charge in [-0.3, -0.25) is 9.78 Å². The van der Waals surface area contributed by atoms with Gasteiger partial charge in [0.25, 0.3) is 0 Å². The van der Waals surface area contributed by atoms with Crippen LogP contribution in [0.4, 0.5) is 5.69 Å². The number of hydrogen-bond donors (Lipinski definition) is 1. The zero-order valence-corrected chi connectivity index (χ0v) is 11.0. The molecule has 0 saturated carbocycles. The van der Waals surface area contributed by atoms with Crippen LogP contribution in [0.3, 0.4) is 0 Å². The highest BCUT2D eigenvalue weighted by Crippen LogP contribution is 2.35. The van der Waals surface area contributed by atoms with Gasteiger partial charge >= 0.3 is 0 Å². The Kier molecular flexibility index (Phi) is 3.08. The van der Waals surface area contributed by atoms with Crippen molar-refractivity contribution in [2.45, 2.75) is 12.5 Å². The number of amides is 1. The summed E-state index contributed by atoms with van der Waals surface area (Å²) in [5, 5.41) is 0. The number of pyridine rings is 1. The van der Waals surface area contributed by atoms with Gasteiger partial charge in [0.1, 0.15) is 0 Å². The van der Waals surface area contributed by atoms with E-state index in [1.54, 1.807) is 17.3 Å². The summed E-state index contributed by atoms with van der Waals surface area (Å²) in [6.45, 7) is 0.556. The van der Waals surface area contributed by atoms with E-state index >= 15 is 0 Å². The van der Waals surface area contributed by atoms with Crippen molar-refractivity contribution >= 4 is 43.5 Å². The lowest BCUT2D eigenvalue weighted by Crippen LogP contribution is -2.28. The highest BCUT2D eigenvalue weighted by molar-refractivity contribution is 9.11. The molecule has 0 aliphatic carbocycles. The maximum atomic E-state index is 11.7. The first kappa shape index (κ1) is 11.0. The topological polar surface area (TPSA) is 59.2 Å². The molecular weight excluding hydrogens is 326 g/mol. The van der Waals surface area contributed by atoms with Crippen molar-refractivity contribution < 1.29 is 4.79 Å². The van der Waals surface area contributed by atoms with E-state index in [1.165, 1.54) is 0 Å². The summed E-state index contributed by atoms with van der Waals surface area (Å²) in [4.78, 5) is 17.4. The quantitative estimate of drug-likeness (QED) is 0.849. The second-order valence-corrected chi connectivity index (χ2v) is 5.13. The van der Waals surface area contributed by atoms with Gasteiger partial charge in [0.2, 0.25) is 5.91 Å². The second kappa shape index (κ2) is 4.19. The lowest BCUT2D eigenvalue weighted by Gasteiger charge is -2.18. The van der Waals surface area contributed by atoms with Crippen LogP contribution in [0.1, 0.15) is 6.42 Å². The molecule has 1 aliphatic heterocycles. The number of halogens is 2. The molecule has 2 heterocycles. The van der Waals surface area contributed by atoms with Crippen LogP contribution >= 0.6 is 31.9 Å². The Morgan fingerprint density at radius 3 is 2.47 bits per heavy atom. The molecule has 15 heavy (non-hydrogen) atoms. The maximum Gasteiger partial charge on any atom is 0.228 e. The molecule has 0 spiro atoms. The zero-order chi connectivity index (χ0) is 11.0. The van der Waals surface area contributed by atoms with E-state index in [9.17, 15) is 4.79 Å². The number of carbonyl (C=O) groups is 1. The lowest BCUT2D eigenvalue weighted by atomic mass is 10.3. The minimum absolute atomic E-state index is 0.0510. The first-order valence-corrected chi connectivity index (χ1v) is 6.03. The molecule has 1 aliphatic rings. The highest BCUT2D eigenvalue weighted by atomic mass is 79.9. The number of nitrogens with zero attached hydrogens (tertiary/aromatic N) is 2. The monoisotopic (exact) mass is 333 g/mol. The largest absolute Gasteiger partial charge is 0.326 e. The number of carbonyl (C=O) groups excluding carboxylic acids is 1. The van der Waals surface area contributed by atoms with E-state index in [1.807, 2.05) is 0 Å². The van der Waals surface area contributed by atoms with Crippen LogP contribution in [0.25, 0.3) is 0 Å². The van der Waals surface area contributed by atoms with E-state index < -0.39 is 0 Å². The molecule has 1 aromatic heterocycles. The van der Waals surface area contributed by atoms with Crippen LogP contribution in [0.2, 0.25) is 0 Å². The third kappa shape index (κ3) is 2.07. The average molecular weight is 335 g/mol. The van der Waals surface area contributed by atoms with Crippen molar-refractivity contribution in [1.82, 2.24) is 4.98 Å². The fourth-order valence-electron chi connectivity index (χ4n) is 1.61. The minimum Gasteiger partial charge on any atom is -0.326 e. The normalized spacial score (nSPS) is 21.1. The first-order valence-electron chi connectivity index (χ1n) is 4.44. The van der Waals surface area contributed by atoms with E-state index in [0.717, 1.165) is 14.6 Å². The fraction of sp³-hybridized carbons (Fsp3) is 0.333. The Bertz CT molecular complexity index is 390. The molecule has 2 N–H and O–H groups in total. The summed E-state index contributed by atoms with van der Waals surface area (Å²) in [6, 6.07) is -0.0792. The van der Waals surface area contributed by atoms with Gasteiger partial charge in [-0.25, -0.2) is 0 Å². The Labute approximate surface area is 104 Å². The molecule has 1 fully saturated rings. The van der Waals surface area contributed by atoms with E-state index in [4.69, 9.17) is 5.73 Å². The summed E-state index contributed by atoms with van der Waals surface area (Å²) >= 11 is 6.75. The molecule has 1 aromatic rings. The molecule has 4 nitrogen and oxygen atoms in total. The fourth-order valence-corrected chi connectivity index (χ4v) is 2.97. The van der Waals surface area contributed by atoms with E-state index in [0.29, 0.717) is 13.0 Å². The lowest BCUT2D eigenvalue weighted by molar-refractivity contribution is -0.117. The molecule has 1 atom stereocenters. The molecule has 2 rings (SSSR count). The smallest absolute Gasteiger partial charge is 0.228 e. The summed E-state index contributed by atoms with van der Waals surface area (Å²) in [5.41, 5.74) is 6.55. The highest BCUT2D eigenvalue weighted by Gasteiger charge is 2.30. The van der Waals surface area contributed by atoms with Gasteiger partial charge in [-0.15, -0.1) is 0 Å². The second-order valence-electron chi connectivity index (χ2n) is 3.42. The van der Waals surface area contributed by atoms with Crippen LogP contribution in [0.5, 0.6) is 0 Å². The summed E-state index contributed by atoms with van der Waals surface area (Å²) in [6.07, 6.45) is 3.73. The van der Waals surface area contributed by atoms with Crippen molar-refractivity contribution in [2.24, 2.45) is 5.73 Å². The Balaban J connectivity index is 2.41. The van der Waals surface area contributed by atoms with Crippen molar-refractivity contribution in [3.63, 3.8) is 0 Å². The number of hydrogen-bond acceptors (Lipinski definition) is 3. The first-order chi connectivity index (χ1) is 7.09. The molecule has 0 bridgehead atoms. The van der Waals surface area contributed by atoms with Crippen molar-refractivity contribution in [3.05, 3.63) is 21.3 Å². The Hall–Kier alpha value is -0.460. The van der Waals surface area contributed by atoms with Crippen LogP contribution in [-0.2, 0) is 4.79 Å². The van der Waals surface area contributed by atoms with Gasteiger partial charge in [-0.05, 0) is 31.9 Å². The number of anilines is 1. The maximum absolute atomic E-state index is 11.7. The van der Waals surface area contributed by atoms with Gasteiger partial charge in [-0.2, -0.15) is 0 Å². The zero-order valence-electron chi connectivity index (χ0n) is 7.78. The predicted octanol–water partition coefficient (Wildman–Crippen LogP) is 1.67. The minimum atomic E-state index is -0.0792.